The molecule has 22 heavy (non-hydrogen) atoms. The average molecular weight is 333 g/mol. The van der Waals surface area contributed by atoms with Gasteiger partial charge in [-0.25, -0.2) is 0 Å². The van der Waals surface area contributed by atoms with Crippen molar-refractivity contribution >= 4 is 35.1 Å². The first-order valence-corrected chi connectivity index (χ1v) is 7.71. The summed E-state index contributed by atoms with van der Waals surface area (Å²) in [5.74, 6) is 0.726. The van der Waals surface area contributed by atoms with Crippen LogP contribution in [0.2, 0.25) is 10.0 Å². The van der Waals surface area contributed by atoms with Crippen molar-refractivity contribution < 1.29 is 9.53 Å². The molecule has 0 radical (unpaired) electrons. The smallest absolute Gasteiger partial charge is 0.189 e. The van der Waals surface area contributed by atoms with Crippen LogP contribution >= 0.6 is 23.2 Å². The number of methoxy groups -OCH3 is 1. The fraction of sp³-hybridized carbons (Fsp3) is 0.167. The number of rotatable bonds is 2. The highest BCUT2D eigenvalue weighted by atomic mass is 35.5. The van der Waals surface area contributed by atoms with E-state index < -0.39 is 0 Å². The zero-order chi connectivity index (χ0) is 15.7. The number of aryl methyl sites for hydroxylation is 1. The van der Waals surface area contributed by atoms with Crippen molar-refractivity contribution in [1.29, 1.82) is 0 Å². The lowest BCUT2D eigenvalue weighted by molar-refractivity contribution is 0.102. The van der Waals surface area contributed by atoms with Gasteiger partial charge in [-0.3, -0.25) is 4.79 Å². The molecular formula is C18H14Cl2O2. The summed E-state index contributed by atoms with van der Waals surface area (Å²) in [6, 6.07) is 10.9. The van der Waals surface area contributed by atoms with Crippen LogP contribution in [0.3, 0.4) is 0 Å². The Morgan fingerprint density at radius 3 is 2.64 bits per heavy atom. The fourth-order valence-electron chi connectivity index (χ4n) is 2.61. The van der Waals surface area contributed by atoms with Gasteiger partial charge in [0.2, 0.25) is 0 Å². The van der Waals surface area contributed by atoms with Crippen LogP contribution in [0.5, 0.6) is 5.75 Å². The van der Waals surface area contributed by atoms with E-state index in [4.69, 9.17) is 27.9 Å². The zero-order valence-electron chi connectivity index (χ0n) is 12.0. The van der Waals surface area contributed by atoms with E-state index >= 15 is 0 Å². The third-order valence-corrected chi connectivity index (χ3v) is 4.37. The maximum atomic E-state index is 12.7. The Morgan fingerprint density at radius 2 is 1.91 bits per heavy atom. The molecule has 3 rings (SSSR count). The molecule has 0 aromatic heterocycles. The highest BCUT2D eigenvalue weighted by Gasteiger charge is 2.22. The van der Waals surface area contributed by atoms with E-state index in [9.17, 15) is 4.79 Å². The molecular weight excluding hydrogens is 319 g/mol. The minimum Gasteiger partial charge on any atom is -0.497 e. The number of halogens is 2. The van der Waals surface area contributed by atoms with Crippen LogP contribution < -0.4 is 4.74 Å². The number of carbonyl (C=O) groups is 1. The van der Waals surface area contributed by atoms with Gasteiger partial charge in [-0.1, -0.05) is 35.3 Å². The highest BCUT2D eigenvalue weighted by Crippen LogP contribution is 2.31. The minimum atomic E-state index is 0.0335. The van der Waals surface area contributed by atoms with Crippen LogP contribution in [0, 0.1) is 0 Å². The molecule has 0 spiro atoms. The summed E-state index contributed by atoms with van der Waals surface area (Å²) in [5, 5.41) is 1.13. The molecule has 0 aliphatic heterocycles. The molecule has 1 aliphatic carbocycles. The van der Waals surface area contributed by atoms with Crippen molar-refractivity contribution in [3.8, 4) is 5.75 Å². The maximum absolute atomic E-state index is 12.7. The molecule has 0 atom stereocenters. The lowest BCUT2D eigenvalue weighted by Crippen LogP contribution is -2.14. The number of fused-ring (bicyclic) bond motifs is 1. The Kier molecular flexibility index (Phi) is 4.23. The number of benzene rings is 2. The third-order valence-electron chi connectivity index (χ3n) is 3.81. The molecule has 0 N–H and O–H groups in total. The molecule has 2 nitrogen and oxygen atoms in total. The Balaban J connectivity index is 1.99. The summed E-state index contributed by atoms with van der Waals surface area (Å²) >= 11 is 12.1. The predicted octanol–water partition coefficient (Wildman–Crippen LogP) is 5.21. The summed E-state index contributed by atoms with van der Waals surface area (Å²) in [6.07, 6.45) is 3.39. The minimum absolute atomic E-state index is 0.0335. The normalized spacial score (nSPS) is 15.8. The van der Waals surface area contributed by atoms with Crippen LogP contribution in [0.4, 0.5) is 0 Å². The molecule has 0 fully saturated rings. The largest absolute Gasteiger partial charge is 0.497 e. The molecule has 2 aromatic rings. The van der Waals surface area contributed by atoms with Gasteiger partial charge in [0.25, 0.3) is 0 Å². The van der Waals surface area contributed by atoms with Crippen LogP contribution in [0.25, 0.3) is 6.08 Å². The fourth-order valence-corrected chi connectivity index (χ4v) is 3.07. The summed E-state index contributed by atoms with van der Waals surface area (Å²) in [4.78, 5) is 12.7. The van der Waals surface area contributed by atoms with Crippen LogP contribution in [0.15, 0.2) is 42.0 Å². The van der Waals surface area contributed by atoms with Crippen molar-refractivity contribution in [2.75, 3.05) is 7.11 Å². The van der Waals surface area contributed by atoms with E-state index in [1.165, 1.54) is 0 Å². The van der Waals surface area contributed by atoms with Gasteiger partial charge in [0, 0.05) is 21.2 Å². The second-order valence-electron chi connectivity index (χ2n) is 5.19. The first-order valence-electron chi connectivity index (χ1n) is 6.95. The summed E-state index contributed by atoms with van der Waals surface area (Å²) in [7, 11) is 1.60. The maximum Gasteiger partial charge on any atom is 0.189 e. The zero-order valence-corrected chi connectivity index (χ0v) is 13.5. The molecule has 0 bridgehead atoms. The van der Waals surface area contributed by atoms with Crippen molar-refractivity contribution in [3.05, 3.63) is 68.7 Å². The van der Waals surface area contributed by atoms with Gasteiger partial charge in [0.1, 0.15) is 5.75 Å². The van der Waals surface area contributed by atoms with E-state index in [1.54, 1.807) is 25.3 Å². The van der Waals surface area contributed by atoms with Crippen LogP contribution in [-0.4, -0.2) is 12.9 Å². The van der Waals surface area contributed by atoms with Gasteiger partial charge in [-0.2, -0.15) is 0 Å². The van der Waals surface area contributed by atoms with E-state index in [0.717, 1.165) is 23.1 Å². The Hall–Kier alpha value is -1.77. The topological polar surface area (TPSA) is 26.3 Å². The van der Waals surface area contributed by atoms with E-state index in [2.05, 4.69) is 0 Å². The standard InChI is InChI=1S/C18H14Cl2O2/c1-22-15-7-5-11-2-3-13(18(21)16(11)10-15)8-12-4-6-14(19)9-17(12)20/h4-10H,2-3H2,1H3. The van der Waals surface area contributed by atoms with E-state index in [1.807, 2.05) is 24.3 Å². The van der Waals surface area contributed by atoms with Gasteiger partial charge in [-0.15, -0.1) is 0 Å². The molecule has 0 heterocycles. The number of hydrogen-bond donors (Lipinski definition) is 0. The van der Waals surface area contributed by atoms with Gasteiger partial charge >= 0.3 is 0 Å². The summed E-state index contributed by atoms with van der Waals surface area (Å²) in [5.41, 5.74) is 3.33. The Morgan fingerprint density at radius 1 is 1.09 bits per heavy atom. The number of hydrogen-bond acceptors (Lipinski definition) is 2. The van der Waals surface area contributed by atoms with Crippen molar-refractivity contribution in [2.45, 2.75) is 12.8 Å². The van der Waals surface area contributed by atoms with Gasteiger partial charge in [0.15, 0.2) is 5.78 Å². The molecule has 1 aliphatic rings. The predicted molar refractivity (Wildman–Crippen MR) is 90.1 cm³/mol. The van der Waals surface area contributed by atoms with Crippen molar-refractivity contribution in [3.63, 3.8) is 0 Å². The van der Waals surface area contributed by atoms with Crippen LogP contribution in [0.1, 0.15) is 27.9 Å². The molecule has 0 saturated carbocycles. The molecule has 0 unspecified atom stereocenters. The second-order valence-corrected chi connectivity index (χ2v) is 6.03. The highest BCUT2D eigenvalue weighted by molar-refractivity contribution is 6.35. The van der Waals surface area contributed by atoms with Crippen molar-refractivity contribution in [2.24, 2.45) is 0 Å². The quantitative estimate of drug-likeness (QED) is 0.705. The van der Waals surface area contributed by atoms with Gasteiger partial charge in [-0.05, 0) is 54.3 Å². The molecule has 0 amide bonds. The molecule has 2 aromatic carbocycles. The molecule has 0 saturated heterocycles. The first kappa shape index (κ1) is 15.1. The lowest BCUT2D eigenvalue weighted by atomic mass is 9.86. The number of carbonyl (C=O) groups excluding carboxylic acids is 1. The van der Waals surface area contributed by atoms with Gasteiger partial charge in [0.05, 0.1) is 7.11 Å². The third kappa shape index (κ3) is 2.90. The summed E-state index contributed by atoms with van der Waals surface area (Å²) in [6.45, 7) is 0. The second kappa shape index (κ2) is 6.15. The number of Topliss-reactive ketones (excluding diaryl/α,β-unsaturated/α-hetero) is 1. The van der Waals surface area contributed by atoms with Gasteiger partial charge < -0.3 is 4.74 Å². The Bertz CT molecular complexity index is 779. The number of allylic oxidation sites excluding steroid dienone is 1. The lowest BCUT2D eigenvalue weighted by Gasteiger charge is -2.18. The van der Waals surface area contributed by atoms with Crippen LogP contribution in [-0.2, 0) is 6.42 Å². The monoisotopic (exact) mass is 332 g/mol. The first-order chi connectivity index (χ1) is 10.6. The number of ether oxygens (including phenoxy) is 1. The van der Waals surface area contributed by atoms with E-state index in [0.29, 0.717) is 27.8 Å². The average Bonchev–Trinajstić information content (AvgIpc) is 2.52. The summed E-state index contributed by atoms with van der Waals surface area (Å²) < 4.78 is 5.21. The SMILES string of the molecule is COc1ccc2c(c1)C(=O)C(=Cc1ccc(Cl)cc1Cl)CC2. The molecule has 112 valence electrons. The Labute approximate surface area is 139 Å². The number of ketones is 1. The van der Waals surface area contributed by atoms with E-state index in [-0.39, 0.29) is 5.78 Å². The molecule has 4 heteroatoms. The van der Waals surface area contributed by atoms with Crippen molar-refractivity contribution in [1.82, 2.24) is 0 Å².